The molecule has 1 saturated heterocycles. The van der Waals surface area contributed by atoms with Crippen molar-refractivity contribution >= 4 is 29.0 Å². The Labute approximate surface area is 214 Å². The lowest BCUT2D eigenvalue weighted by Gasteiger charge is -2.28. The number of hydrogen-bond acceptors (Lipinski definition) is 7. The van der Waals surface area contributed by atoms with Crippen LogP contribution in [-0.2, 0) is 9.53 Å². The van der Waals surface area contributed by atoms with E-state index >= 15 is 0 Å². The minimum Gasteiger partial charge on any atom is -0.494 e. The third-order valence-electron chi connectivity index (χ3n) is 6.39. The van der Waals surface area contributed by atoms with E-state index in [0.717, 1.165) is 22.6 Å². The van der Waals surface area contributed by atoms with Crippen molar-refractivity contribution in [2.75, 3.05) is 20.8 Å². The number of carbonyl (C=O) groups excluding carboxylic acids is 1. The first-order valence-corrected chi connectivity index (χ1v) is 11.7. The van der Waals surface area contributed by atoms with Gasteiger partial charge in [-0.15, -0.1) is 0 Å². The third-order valence-corrected chi connectivity index (χ3v) is 6.74. The molecule has 1 aromatic carbocycles. The van der Waals surface area contributed by atoms with Crippen LogP contribution in [0, 0.1) is 24.0 Å². The number of rotatable bonds is 8. The van der Waals surface area contributed by atoms with E-state index < -0.39 is 4.92 Å². The summed E-state index contributed by atoms with van der Waals surface area (Å²) in [6.45, 7) is 4.32. The van der Waals surface area contributed by atoms with Gasteiger partial charge in [-0.3, -0.25) is 19.9 Å². The van der Waals surface area contributed by atoms with E-state index in [1.165, 1.54) is 26.4 Å². The summed E-state index contributed by atoms with van der Waals surface area (Å²) >= 11 is 5.68. The highest BCUT2D eigenvalue weighted by Gasteiger charge is 2.41. The summed E-state index contributed by atoms with van der Waals surface area (Å²) in [5, 5.41) is 15.2. The zero-order valence-corrected chi connectivity index (χ0v) is 21.2. The molecule has 1 aliphatic heterocycles. The monoisotopic (exact) mass is 509 g/mol. The number of carbonyl (C=O) groups is 1. The Bertz CT molecular complexity index is 1310. The lowest BCUT2D eigenvalue weighted by atomic mass is 9.96. The first-order valence-electron chi connectivity index (χ1n) is 11.3. The molecule has 0 aliphatic carbocycles. The number of hydrogen-bond donors (Lipinski definition) is 1. The van der Waals surface area contributed by atoms with Gasteiger partial charge in [0.2, 0.25) is 0 Å². The molecular formula is C25H27N5O5S. The molecule has 0 unspecified atom stereocenters. The van der Waals surface area contributed by atoms with Crippen LogP contribution in [0.15, 0.2) is 48.7 Å². The molecule has 1 fully saturated rings. The van der Waals surface area contributed by atoms with E-state index in [1.54, 1.807) is 12.3 Å². The largest absolute Gasteiger partial charge is 0.494 e. The van der Waals surface area contributed by atoms with Crippen molar-refractivity contribution in [2.24, 2.45) is 0 Å². The number of esters is 1. The summed E-state index contributed by atoms with van der Waals surface area (Å²) in [6.07, 6.45) is 1.91. The van der Waals surface area contributed by atoms with Crippen molar-refractivity contribution in [3.63, 3.8) is 0 Å². The molecule has 2 aromatic heterocycles. The molecule has 0 spiro atoms. The maximum Gasteiger partial charge on any atom is 0.307 e. The minimum absolute atomic E-state index is 0.0483. The fourth-order valence-corrected chi connectivity index (χ4v) is 5.05. The molecule has 0 bridgehead atoms. The van der Waals surface area contributed by atoms with Gasteiger partial charge in [0.1, 0.15) is 5.75 Å². The van der Waals surface area contributed by atoms with Crippen molar-refractivity contribution in [2.45, 2.75) is 32.4 Å². The van der Waals surface area contributed by atoms with Gasteiger partial charge in [-0.05, 0) is 55.9 Å². The molecule has 188 valence electrons. The van der Waals surface area contributed by atoms with Crippen LogP contribution in [0.25, 0.3) is 5.69 Å². The predicted octanol–water partition coefficient (Wildman–Crippen LogP) is 3.94. The van der Waals surface area contributed by atoms with Crippen LogP contribution in [0.4, 0.5) is 5.69 Å². The Morgan fingerprint density at radius 1 is 1.22 bits per heavy atom. The molecule has 2 atom stereocenters. The zero-order valence-electron chi connectivity index (χ0n) is 20.4. The normalized spacial score (nSPS) is 17.1. The van der Waals surface area contributed by atoms with E-state index in [2.05, 4.69) is 16.4 Å². The van der Waals surface area contributed by atoms with Gasteiger partial charge in [-0.1, -0.05) is 6.07 Å². The fourth-order valence-electron chi connectivity index (χ4n) is 4.72. The summed E-state index contributed by atoms with van der Waals surface area (Å²) in [7, 11) is 2.85. The van der Waals surface area contributed by atoms with Crippen molar-refractivity contribution in [1.82, 2.24) is 19.8 Å². The van der Waals surface area contributed by atoms with Crippen molar-refractivity contribution in [1.29, 1.82) is 0 Å². The number of nitro benzene ring substituents is 1. The molecule has 3 heterocycles. The van der Waals surface area contributed by atoms with E-state index in [1.807, 2.05) is 41.5 Å². The van der Waals surface area contributed by atoms with Gasteiger partial charge in [0.05, 0.1) is 55.1 Å². The van der Waals surface area contributed by atoms with Gasteiger partial charge in [0.15, 0.2) is 5.11 Å². The Hall–Kier alpha value is -3.99. The number of pyridine rings is 1. The molecule has 0 saturated carbocycles. The molecule has 1 N–H and O–H groups in total. The smallest absolute Gasteiger partial charge is 0.307 e. The number of methoxy groups -OCH3 is 2. The maximum atomic E-state index is 11.9. The van der Waals surface area contributed by atoms with Gasteiger partial charge in [-0.25, -0.2) is 0 Å². The van der Waals surface area contributed by atoms with E-state index in [0.29, 0.717) is 23.1 Å². The number of nitro groups is 1. The zero-order chi connectivity index (χ0) is 26.0. The number of nitrogens with one attached hydrogen (secondary N) is 1. The van der Waals surface area contributed by atoms with Crippen LogP contribution in [0.2, 0.25) is 0 Å². The lowest BCUT2D eigenvalue weighted by Crippen LogP contribution is -2.32. The van der Waals surface area contributed by atoms with E-state index in [-0.39, 0.29) is 30.2 Å². The Balaban J connectivity index is 1.82. The number of thiocarbonyl (C=S) groups is 1. The van der Waals surface area contributed by atoms with Gasteiger partial charge in [-0.2, -0.15) is 0 Å². The van der Waals surface area contributed by atoms with Crippen molar-refractivity contribution in [3.05, 3.63) is 81.4 Å². The first kappa shape index (κ1) is 25.1. The average Bonchev–Trinajstić information content (AvgIpc) is 3.36. The molecule has 1 aliphatic rings. The summed E-state index contributed by atoms with van der Waals surface area (Å²) in [5.74, 6) is 0.0698. The minimum atomic E-state index is -0.450. The van der Waals surface area contributed by atoms with E-state index in [9.17, 15) is 14.9 Å². The average molecular weight is 510 g/mol. The van der Waals surface area contributed by atoms with Crippen LogP contribution in [0.3, 0.4) is 0 Å². The second-order valence-electron chi connectivity index (χ2n) is 8.42. The number of nitrogens with zero attached hydrogens (tertiary/aromatic N) is 4. The topological polar surface area (TPSA) is 112 Å². The summed E-state index contributed by atoms with van der Waals surface area (Å²) in [6, 6.07) is 11.8. The predicted molar refractivity (Wildman–Crippen MR) is 137 cm³/mol. The maximum absolute atomic E-state index is 11.9. The second kappa shape index (κ2) is 10.3. The van der Waals surface area contributed by atoms with Gasteiger partial charge < -0.3 is 24.3 Å². The van der Waals surface area contributed by atoms with Crippen LogP contribution in [0.1, 0.15) is 41.1 Å². The number of ether oxygens (including phenoxy) is 2. The number of benzene rings is 1. The summed E-state index contributed by atoms with van der Waals surface area (Å²) in [5.41, 5.74) is 4.28. The fraction of sp³-hybridized carbons (Fsp3) is 0.320. The molecular weight excluding hydrogens is 482 g/mol. The summed E-state index contributed by atoms with van der Waals surface area (Å²) < 4.78 is 12.4. The molecule has 11 heteroatoms. The number of aryl methyl sites for hydroxylation is 1. The van der Waals surface area contributed by atoms with Crippen LogP contribution in [0.5, 0.6) is 5.75 Å². The first-order chi connectivity index (χ1) is 17.3. The van der Waals surface area contributed by atoms with Crippen LogP contribution >= 0.6 is 12.2 Å². The molecule has 0 amide bonds. The van der Waals surface area contributed by atoms with E-state index in [4.69, 9.17) is 21.7 Å². The Kier molecular flexibility index (Phi) is 7.20. The van der Waals surface area contributed by atoms with Gasteiger partial charge >= 0.3 is 5.97 Å². The van der Waals surface area contributed by atoms with Crippen molar-refractivity contribution in [3.8, 4) is 11.4 Å². The second-order valence-corrected chi connectivity index (χ2v) is 8.81. The SMILES string of the molecule is COC(=O)CCN1C(=S)N[C@H](c2ccccn2)[C@@H]1c1cc(C)n(-c2ccc([N+](=O)[O-])cc2OC)c1C. The lowest BCUT2D eigenvalue weighted by molar-refractivity contribution is -0.384. The highest BCUT2D eigenvalue weighted by molar-refractivity contribution is 7.80. The highest BCUT2D eigenvalue weighted by Crippen LogP contribution is 2.42. The van der Waals surface area contributed by atoms with Crippen molar-refractivity contribution < 1.29 is 19.2 Å². The number of aromatic nitrogens is 2. The molecule has 4 rings (SSSR count). The number of non-ortho nitro benzene ring substituents is 1. The summed E-state index contributed by atoms with van der Waals surface area (Å²) in [4.78, 5) is 29.3. The van der Waals surface area contributed by atoms with Gasteiger partial charge in [0.25, 0.3) is 5.69 Å². The highest BCUT2D eigenvalue weighted by atomic mass is 32.1. The Morgan fingerprint density at radius 2 is 2.00 bits per heavy atom. The van der Waals surface area contributed by atoms with Crippen LogP contribution < -0.4 is 10.1 Å². The quantitative estimate of drug-likeness (QED) is 0.209. The van der Waals surface area contributed by atoms with Crippen LogP contribution in [-0.4, -0.2) is 51.2 Å². The molecule has 3 aromatic rings. The standard InChI is InChI=1S/C25H27N5O5S/c1-15-13-18(16(2)29(15)20-9-8-17(30(32)33)14-21(20)34-3)24-23(19-7-5-6-11-26-19)27-25(36)28(24)12-10-22(31)35-4/h5-9,11,13-14,23-24H,10,12H2,1-4H3,(H,27,36)/t23-,24+/m1/s1. The third kappa shape index (κ3) is 4.61. The Morgan fingerprint density at radius 3 is 2.64 bits per heavy atom. The molecule has 36 heavy (non-hydrogen) atoms. The van der Waals surface area contributed by atoms with Gasteiger partial charge in [0, 0.05) is 30.2 Å². The molecule has 0 radical (unpaired) electrons. The molecule has 10 nitrogen and oxygen atoms in total.